The highest BCUT2D eigenvalue weighted by Gasteiger charge is 2.20. The van der Waals surface area contributed by atoms with Crippen LogP contribution in [-0.4, -0.2) is 55.4 Å². The second-order valence-electron chi connectivity index (χ2n) is 8.47. The summed E-state index contributed by atoms with van der Waals surface area (Å²) in [5.74, 6) is 0.799. The van der Waals surface area contributed by atoms with Gasteiger partial charge in [0, 0.05) is 52.3 Å². The van der Waals surface area contributed by atoms with E-state index in [2.05, 4.69) is 22.1 Å². The van der Waals surface area contributed by atoms with Crippen LogP contribution in [0.2, 0.25) is 0 Å². The summed E-state index contributed by atoms with van der Waals surface area (Å²) in [6, 6.07) is 15.0. The van der Waals surface area contributed by atoms with Gasteiger partial charge in [0.15, 0.2) is 0 Å². The first-order valence-electron chi connectivity index (χ1n) is 11.8. The first-order chi connectivity index (χ1) is 16.3. The lowest BCUT2D eigenvalue weighted by Gasteiger charge is -2.11. The molecule has 0 aliphatic carbocycles. The van der Waals surface area contributed by atoms with Crippen molar-refractivity contribution in [3.63, 3.8) is 0 Å². The van der Waals surface area contributed by atoms with Gasteiger partial charge in [0.1, 0.15) is 5.82 Å². The van der Waals surface area contributed by atoms with E-state index >= 15 is 0 Å². The third-order valence-corrected chi connectivity index (χ3v) is 7.48. The lowest BCUT2D eigenvalue weighted by Crippen LogP contribution is -2.26. The molecule has 2 aromatic carbocycles. The van der Waals surface area contributed by atoms with Crippen molar-refractivity contribution in [2.45, 2.75) is 50.5 Å². The number of hydrogen-bond acceptors (Lipinski definition) is 5. The number of imidazole rings is 1. The summed E-state index contributed by atoms with van der Waals surface area (Å²) < 4.78 is 28.3. The summed E-state index contributed by atoms with van der Waals surface area (Å²) in [5.41, 5.74) is 2.61. The molecule has 1 aromatic heterocycles. The summed E-state index contributed by atoms with van der Waals surface area (Å²) in [6.07, 6.45) is 3.69. The molecule has 34 heavy (non-hydrogen) atoms. The predicted octanol–water partition coefficient (Wildman–Crippen LogP) is 3.64. The van der Waals surface area contributed by atoms with Gasteiger partial charge in [-0.2, -0.15) is 0 Å². The van der Waals surface area contributed by atoms with Gasteiger partial charge in [-0.15, -0.1) is 0 Å². The van der Waals surface area contributed by atoms with Crippen molar-refractivity contribution in [2.75, 3.05) is 32.5 Å². The van der Waals surface area contributed by atoms with Crippen molar-refractivity contribution < 1.29 is 13.2 Å². The van der Waals surface area contributed by atoms with Gasteiger partial charge < -0.3 is 15.2 Å². The number of fused-ring (bicyclic) bond motifs is 1. The number of para-hydroxylation sites is 1. The van der Waals surface area contributed by atoms with Crippen LogP contribution in [0.1, 0.15) is 38.4 Å². The highest BCUT2D eigenvalue weighted by Crippen LogP contribution is 2.23. The minimum absolute atomic E-state index is 0.00955. The average Bonchev–Trinajstić information content (AvgIpc) is 3.18. The molecule has 0 saturated carbocycles. The third-order valence-electron chi connectivity index (χ3n) is 5.67. The summed E-state index contributed by atoms with van der Waals surface area (Å²) in [7, 11) is -0.503. The maximum Gasteiger partial charge on any atom is 0.242 e. The number of carbonyl (C=O) groups excluding carboxylic acids is 1. The monoisotopic (exact) mass is 485 g/mol. The molecule has 184 valence electrons. The Kier molecular flexibility index (Phi) is 9.06. The second-order valence-corrected chi connectivity index (χ2v) is 10.6. The summed E-state index contributed by atoms with van der Waals surface area (Å²) >= 11 is 0. The zero-order chi connectivity index (χ0) is 24.6. The van der Waals surface area contributed by atoms with Crippen molar-refractivity contribution in [1.82, 2.24) is 19.2 Å². The number of amides is 1. The van der Waals surface area contributed by atoms with Crippen molar-refractivity contribution in [2.24, 2.45) is 0 Å². The van der Waals surface area contributed by atoms with Crippen molar-refractivity contribution in [3.05, 3.63) is 54.4 Å². The fourth-order valence-corrected chi connectivity index (χ4v) is 4.63. The molecule has 0 unspecified atom stereocenters. The van der Waals surface area contributed by atoms with E-state index in [1.807, 2.05) is 36.4 Å². The molecule has 3 aromatic rings. The standard InChI is InChI=1S/C25H35N5O3S/c1-4-5-18-30-23-13-12-21(34(32,33)29(2)3)19-22(23)28-24(30)14-15-25(31)27-17-9-16-26-20-10-7-6-8-11-20/h6-8,10-13,19,26H,4-5,9,14-18H2,1-3H3,(H,27,31). The number of sulfonamides is 1. The van der Waals surface area contributed by atoms with E-state index in [0.29, 0.717) is 24.9 Å². The van der Waals surface area contributed by atoms with Gasteiger partial charge in [0.05, 0.1) is 15.9 Å². The number of rotatable bonds is 13. The van der Waals surface area contributed by atoms with Crippen LogP contribution in [0.5, 0.6) is 0 Å². The molecule has 0 saturated heterocycles. The maximum absolute atomic E-state index is 12.5. The Hall–Kier alpha value is -2.91. The molecule has 0 bridgehead atoms. The highest BCUT2D eigenvalue weighted by molar-refractivity contribution is 7.89. The molecule has 3 rings (SSSR count). The third kappa shape index (κ3) is 6.57. The van der Waals surface area contributed by atoms with Crippen molar-refractivity contribution >= 4 is 32.7 Å². The predicted molar refractivity (Wildman–Crippen MR) is 136 cm³/mol. The zero-order valence-electron chi connectivity index (χ0n) is 20.3. The minimum Gasteiger partial charge on any atom is -0.385 e. The Bertz CT molecular complexity index is 1190. The molecule has 1 heterocycles. The quantitative estimate of drug-likeness (QED) is 0.360. The number of anilines is 1. The fourth-order valence-electron chi connectivity index (χ4n) is 3.71. The number of benzene rings is 2. The molecule has 0 spiro atoms. The second kappa shape index (κ2) is 12.0. The number of nitrogens with zero attached hydrogens (tertiary/aromatic N) is 3. The molecular weight excluding hydrogens is 450 g/mol. The highest BCUT2D eigenvalue weighted by atomic mass is 32.2. The van der Waals surface area contributed by atoms with Gasteiger partial charge in [0.25, 0.3) is 0 Å². The number of unbranched alkanes of at least 4 members (excludes halogenated alkanes) is 1. The maximum atomic E-state index is 12.5. The summed E-state index contributed by atoms with van der Waals surface area (Å²) in [6.45, 7) is 4.31. The van der Waals surface area contributed by atoms with Crippen molar-refractivity contribution in [3.8, 4) is 0 Å². The van der Waals surface area contributed by atoms with Gasteiger partial charge in [0.2, 0.25) is 15.9 Å². The van der Waals surface area contributed by atoms with Gasteiger partial charge in [-0.3, -0.25) is 4.79 Å². The largest absolute Gasteiger partial charge is 0.385 e. The van der Waals surface area contributed by atoms with E-state index in [0.717, 1.165) is 49.4 Å². The van der Waals surface area contributed by atoms with Crippen LogP contribution in [0.3, 0.4) is 0 Å². The van der Waals surface area contributed by atoms with E-state index < -0.39 is 10.0 Å². The molecule has 0 radical (unpaired) electrons. The molecular formula is C25H35N5O3S. The Morgan fingerprint density at radius 2 is 1.82 bits per heavy atom. The van der Waals surface area contributed by atoms with Crippen LogP contribution >= 0.6 is 0 Å². The summed E-state index contributed by atoms with van der Waals surface area (Å²) in [4.78, 5) is 17.3. The minimum atomic E-state index is -3.53. The smallest absolute Gasteiger partial charge is 0.242 e. The van der Waals surface area contributed by atoms with Crippen LogP contribution in [0.15, 0.2) is 53.4 Å². The van der Waals surface area contributed by atoms with E-state index in [4.69, 9.17) is 4.98 Å². The van der Waals surface area contributed by atoms with Crippen LogP contribution in [-0.2, 0) is 27.8 Å². The van der Waals surface area contributed by atoms with Crippen LogP contribution in [0.4, 0.5) is 5.69 Å². The molecule has 0 aliphatic rings. The molecule has 2 N–H and O–H groups in total. The Morgan fingerprint density at radius 3 is 2.53 bits per heavy atom. The number of aryl methyl sites for hydroxylation is 2. The Labute approximate surface area is 202 Å². The number of aromatic nitrogens is 2. The van der Waals surface area contributed by atoms with E-state index in [1.54, 1.807) is 12.1 Å². The SMILES string of the molecule is CCCCn1c(CCC(=O)NCCCNc2ccccc2)nc2cc(S(=O)(=O)N(C)C)ccc21. The molecule has 0 fully saturated rings. The van der Waals surface area contributed by atoms with E-state index in [9.17, 15) is 13.2 Å². The zero-order valence-corrected chi connectivity index (χ0v) is 21.1. The molecule has 1 amide bonds. The van der Waals surface area contributed by atoms with Gasteiger partial charge in [-0.25, -0.2) is 17.7 Å². The van der Waals surface area contributed by atoms with Crippen LogP contribution in [0.25, 0.3) is 11.0 Å². The normalized spacial score (nSPS) is 11.8. The van der Waals surface area contributed by atoms with Gasteiger partial charge in [-0.05, 0) is 43.2 Å². The lowest BCUT2D eigenvalue weighted by molar-refractivity contribution is -0.121. The number of hydrogen-bond donors (Lipinski definition) is 2. The molecule has 0 atom stereocenters. The lowest BCUT2D eigenvalue weighted by atomic mass is 10.2. The number of carbonyl (C=O) groups is 1. The Balaban J connectivity index is 1.60. The van der Waals surface area contributed by atoms with Crippen LogP contribution in [0, 0.1) is 0 Å². The fraction of sp³-hybridized carbons (Fsp3) is 0.440. The molecule has 0 aliphatic heterocycles. The van der Waals surface area contributed by atoms with E-state index in [-0.39, 0.29) is 10.8 Å². The van der Waals surface area contributed by atoms with Gasteiger partial charge in [-0.1, -0.05) is 31.5 Å². The number of nitrogens with one attached hydrogen (secondary N) is 2. The van der Waals surface area contributed by atoms with Gasteiger partial charge >= 0.3 is 0 Å². The Morgan fingerprint density at radius 1 is 1.06 bits per heavy atom. The van der Waals surface area contributed by atoms with E-state index in [1.165, 1.54) is 18.4 Å². The average molecular weight is 486 g/mol. The molecule has 9 heteroatoms. The van der Waals surface area contributed by atoms with Crippen molar-refractivity contribution in [1.29, 1.82) is 0 Å². The first kappa shape index (κ1) is 25.7. The topological polar surface area (TPSA) is 96.3 Å². The summed E-state index contributed by atoms with van der Waals surface area (Å²) in [5, 5.41) is 6.31. The first-order valence-corrected chi connectivity index (χ1v) is 13.2. The van der Waals surface area contributed by atoms with Crippen LogP contribution < -0.4 is 10.6 Å². The molecule has 8 nitrogen and oxygen atoms in total.